The van der Waals surface area contributed by atoms with Crippen LogP contribution in [-0.2, 0) is 20.1 Å². The second kappa shape index (κ2) is 5.84. The number of aryl methyl sites for hydroxylation is 2. The Labute approximate surface area is 125 Å². The Bertz CT molecular complexity index is 598. The molecule has 0 unspecified atom stereocenters. The van der Waals surface area contributed by atoms with Crippen LogP contribution in [0.5, 0.6) is 5.75 Å². The minimum absolute atomic E-state index is 0.341. The highest BCUT2D eigenvalue weighted by Gasteiger charge is 2.13. The van der Waals surface area contributed by atoms with Crippen LogP contribution in [0.25, 0.3) is 0 Å². The molecule has 1 aromatic carbocycles. The topological polar surface area (TPSA) is 53.1 Å². The van der Waals surface area contributed by atoms with Gasteiger partial charge in [-0.2, -0.15) is 5.10 Å². The van der Waals surface area contributed by atoms with E-state index >= 15 is 0 Å². The number of benzene rings is 1. The number of hydrogen-bond donors (Lipinski definition) is 1. The van der Waals surface area contributed by atoms with Crippen LogP contribution in [0, 0.1) is 0 Å². The molecule has 0 saturated carbocycles. The van der Waals surface area contributed by atoms with Crippen molar-refractivity contribution < 1.29 is 4.74 Å². The fraction of sp³-hybridized carbons (Fsp3) is 0.308. The van der Waals surface area contributed by atoms with Crippen molar-refractivity contribution >= 4 is 33.2 Å². The van der Waals surface area contributed by atoms with Gasteiger partial charge < -0.3 is 10.5 Å². The van der Waals surface area contributed by atoms with Crippen LogP contribution in [0.15, 0.2) is 22.7 Å². The maximum atomic E-state index is 6.26. The molecule has 0 amide bonds. The Kier molecular flexibility index (Phi) is 4.37. The van der Waals surface area contributed by atoms with Gasteiger partial charge in [0, 0.05) is 11.5 Å². The summed E-state index contributed by atoms with van der Waals surface area (Å²) in [7, 11) is 1.86. The van der Waals surface area contributed by atoms with E-state index in [-0.39, 0.29) is 0 Å². The number of ether oxygens (including phenoxy) is 1. The zero-order valence-corrected chi connectivity index (χ0v) is 13.1. The number of halogens is 2. The molecule has 6 heteroatoms. The molecule has 0 aliphatic carbocycles. The molecule has 102 valence electrons. The fourth-order valence-corrected chi connectivity index (χ4v) is 2.50. The van der Waals surface area contributed by atoms with Crippen molar-refractivity contribution in [2.24, 2.45) is 7.05 Å². The molecule has 2 aromatic rings. The summed E-state index contributed by atoms with van der Waals surface area (Å²) in [4.78, 5) is 0. The quantitative estimate of drug-likeness (QED) is 0.863. The van der Waals surface area contributed by atoms with E-state index in [0.29, 0.717) is 23.1 Å². The van der Waals surface area contributed by atoms with Crippen molar-refractivity contribution in [3.05, 3.63) is 39.1 Å². The van der Waals surface area contributed by atoms with Crippen molar-refractivity contribution in [3.8, 4) is 5.75 Å². The third-order valence-corrected chi connectivity index (χ3v) is 3.77. The van der Waals surface area contributed by atoms with Gasteiger partial charge in [-0.25, -0.2) is 0 Å². The molecule has 19 heavy (non-hydrogen) atoms. The number of rotatable bonds is 4. The molecule has 1 aromatic heterocycles. The van der Waals surface area contributed by atoms with Gasteiger partial charge in [-0.05, 0) is 24.6 Å². The predicted octanol–water partition coefficient (Wildman–Crippen LogP) is 3.56. The minimum atomic E-state index is 0.341. The Morgan fingerprint density at radius 2 is 2.21 bits per heavy atom. The molecule has 2 N–H and O–H groups in total. The van der Waals surface area contributed by atoms with Crippen molar-refractivity contribution in [3.63, 3.8) is 0 Å². The van der Waals surface area contributed by atoms with E-state index in [2.05, 4.69) is 21.0 Å². The summed E-state index contributed by atoms with van der Waals surface area (Å²) in [6.07, 6.45) is 0.799. The van der Waals surface area contributed by atoms with Crippen molar-refractivity contribution in [2.45, 2.75) is 20.0 Å². The van der Waals surface area contributed by atoms with E-state index in [0.717, 1.165) is 22.3 Å². The molecule has 0 spiro atoms. The van der Waals surface area contributed by atoms with Gasteiger partial charge in [0.1, 0.15) is 12.4 Å². The highest BCUT2D eigenvalue weighted by Crippen LogP contribution is 2.27. The summed E-state index contributed by atoms with van der Waals surface area (Å²) in [6, 6.07) is 5.51. The number of aromatic nitrogens is 2. The van der Waals surface area contributed by atoms with Gasteiger partial charge in [0.05, 0.1) is 22.1 Å². The fourth-order valence-electron chi connectivity index (χ4n) is 1.77. The molecule has 1 heterocycles. The van der Waals surface area contributed by atoms with Gasteiger partial charge in [0.2, 0.25) is 0 Å². The summed E-state index contributed by atoms with van der Waals surface area (Å²) >= 11 is 9.62. The second-order valence-electron chi connectivity index (χ2n) is 4.16. The molecule has 0 radical (unpaired) electrons. The first-order valence-corrected chi connectivity index (χ1v) is 7.08. The van der Waals surface area contributed by atoms with Gasteiger partial charge in [-0.3, -0.25) is 4.68 Å². The van der Waals surface area contributed by atoms with E-state index in [1.54, 1.807) is 10.7 Å². The van der Waals surface area contributed by atoms with E-state index in [1.165, 1.54) is 0 Å². The molecule has 0 saturated heterocycles. The van der Waals surface area contributed by atoms with Crippen LogP contribution in [0.3, 0.4) is 0 Å². The smallest absolute Gasteiger partial charge is 0.142 e. The van der Waals surface area contributed by atoms with E-state index < -0.39 is 0 Å². The summed E-state index contributed by atoms with van der Waals surface area (Å²) in [5.41, 5.74) is 8.20. The molecular weight excluding hydrogens is 330 g/mol. The normalized spacial score (nSPS) is 10.7. The van der Waals surface area contributed by atoms with Gasteiger partial charge in [0.15, 0.2) is 0 Å². The SMILES string of the molecule is CCc1nn(C)c(COc2ccc(Br)cc2N)c1Cl. The standard InChI is InChI=1S/C13H15BrClN3O/c1-3-10-13(15)11(18(2)17-10)7-19-12-5-4-8(14)6-9(12)16/h4-6H,3,7,16H2,1-2H3. The van der Waals surface area contributed by atoms with Crippen LogP contribution in [-0.4, -0.2) is 9.78 Å². The Morgan fingerprint density at radius 1 is 1.47 bits per heavy atom. The van der Waals surface area contributed by atoms with E-state index in [1.807, 2.05) is 26.1 Å². The van der Waals surface area contributed by atoms with Gasteiger partial charge in [-0.15, -0.1) is 0 Å². The maximum Gasteiger partial charge on any atom is 0.142 e. The first-order chi connectivity index (χ1) is 9.02. The Hall–Kier alpha value is -1.20. The summed E-state index contributed by atoms with van der Waals surface area (Å²) < 4.78 is 8.37. The van der Waals surface area contributed by atoms with Gasteiger partial charge >= 0.3 is 0 Å². The third-order valence-electron chi connectivity index (χ3n) is 2.84. The van der Waals surface area contributed by atoms with Crippen LogP contribution < -0.4 is 10.5 Å². The maximum absolute atomic E-state index is 6.26. The molecule has 0 aliphatic rings. The van der Waals surface area contributed by atoms with Crippen molar-refractivity contribution in [1.29, 1.82) is 0 Å². The molecular formula is C13H15BrClN3O. The molecule has 0 fully saturated rings. The zero-order valence-electron chi connectivity index (χ0n) is 10.8. The molecule has 0 aliphatic heterocycles. The van der Waals surface area contributed by atoms with Crippen molar-refractivity contribution in [1.82, 2.24) is 9.78 Å². The summed E-state index contributed by atoms with van der Waals surface area (Å²) in [6.45, 7) is 2.36. The third kappa shape index (κ3) is 3.04. The average molecular weight is 345 g/mol. The largest absolute Gasteiger partial charge is 0.485 e. The minimum Gasteiger partial charge on any atom is -0.485 e. The van der Waals surface area contributed by atoms with Crippen molar-refractivity contribution in [2.75, 3.05) is 5.73 Å². The first kappa shape index (κ1) is 14.2. The highest BCUT2D eigenvalue weighted by molar-refractivity contribution is 9.10. The Morgan fingerprint density at radius 3 is 2.79 bits per heavy atom. The number of nitrogen functional groups attached to an aromatic ring is 1. The monoisotopic (exact) mass is 343 g/mol. The molecule has 2 rings (SSSR count). The number of hydrogen-bond acceptors (Lipinski definition) is 3. The molecule has 4 nitrogen and oxygen atoms in total. The lowest BCUT2D eigenvalue weighted by atomic mass is 10.3. The van der Waals surface area contributed by atoms with Crippen LogP contribution in [0.2, 0.25) is 5.02 Å². The Balaban J connectivity index is 2.16. The zero-order chi connectivity index (χ0) is 14.0. The van der Waals surface area contributed by atoms with Gasteiger partial charge in [0.25, 0.3) is 0 Å². The number of nitrogens with zero attached hydrogens (tertiary/aromatic N) is 2. The lowest BCUT2D eigenvalue weighted by Gasteiger charge is -2.09. The van der Waals surface area contributed by atoms with E-state index in [9.17, 15) is 0 Å². The average Bonchev–Trinajstić information content (AvgIpc) is 2.64. The van der Waals surface area contributed by atoms with Crippen LogP contribution in [0.4, 0.5) is 5.69 Å². The first-order valence-electron chi connectivity index (χ1n) is 5.91. The lowest BCUT2D eigenvalue weighted by molar-refractivity contribution is 0.296. The van der Waals surface area contributed by atoms with Crippen LogP contribution in [0.1, 0.15) is 18.3 Å². The summed E-state index contributed by atoms with van der Waals surface area (Å²) in [5, 5.41) is 5.01. The number of anilines is 1. The van der Waals surface area contributed by atoms with Crippen LogP contribution >= 0.6 is 27.5 Å². The second-order valence-corrected chi connectivity index (χ2v) is 5.45. The molecule has 0 atom stereocenters. The predicted molar refractivity (Wildman–Crippen MR) is 80.5 cm³/mol. The highest BCUT2D eigenvalue weighted by atomic mass is 79.9. The number of nitrogens with two attached hydrogens (primary N) is 1. The molecule has 0 bridgehead atoms. The summed E-state index contributed by atoms with van der Waals surface area (Å²) in [5.74, 6) is 0.638. The lowest BCUT2D eigenvalue weighted by Crippen LogP contribution is -2.04. The van der Waals surface area contributed by atoms with Gasteiger partial charge in [-0.1, -0.05) is 34.5 Å². The van der Waals surface area contributed by atoms with E-state index in [4.69, 9.17) is 22.1 Å².